The van der Waals surface area contributed by atoms with E-state index in [1.165, 1.54) is 24.2 Å². The molecule has 1 unspecified atom stereocenters. The molecule has 1 aromatic carbocycles. The maximum atomic E-state index is 12.4. The lowest BCUT2D eigenvalue weighted by Gasteiger charge is -2.37. The predicted octanol–water partition coefficient (Wildman–Crippen LogP) is 3.19. The van der Waals surface area contributed by atoms with Crippen LogP contribution in [0.2, 0.25) is 0 Å². The van der Waals surface area contributed by atoms with Crippen LogP contribution in [0.15, 0.2) is 29.2 Å². The number of methoxy groups -OCH3 is 1. The van der Waals surface area contributed by atoms with Crippen molar-refractivity contribution in [2.45, 2.75) is 32.7 Å². The monoisotopic (exact) mass is 368 g/mol. The lowest BCUT2D eigenvalue weighted by Crippen LogP contribution is -2.37. The molecule has 1 N–H and O–H groups in total. The summed E-state index contributed by atoms with van der Waals surface area (Å²) in [5.41, 5.74) is 3.34. The summed E-state index contributed by atoms with van der Waals surface area (Å²) in [5, 5.41) is 9.36. The van der Waals surface area contributed by atoms with E-state index in [0.29, 0.717) is 5.92 Å². The number of pyridine rings is 1. The lowest BCUT2D eigenvalue weighted by atomic mass is 9.86. The molecule has 1 saturated heterocycles. The third kappa shape index (κ3) is 2.80. The van der Waals surface area contributed by atoms with Gasteiger partial charge in [-0.3, -0.25) is 4.79 Å². The molecule has 0 saturated carbocycles. The van der Waals surface area contributed by atoms with Crippen molar-refractivity contribution in [2.75, 3.05) is 25.1 Å². The smallest absolute Gasteiger partial charge is 0.341 e. The number of aromatic carboxylic acids is 1. The van der Waals surface area contributed by atoms with Crippen LogP contribution in [0.25, 0.3) is 11.3 Å². The zero-order chi connectivity index (χ0) is 19.3. The molecule has 1 fully saturated rings. The first kappa shape index (κ1) is 17.6. The summed E-state index contributed by atoms with van der Waals surface area (Å²) in [6, 6.07) is 5.73. The molecule has 0 spiro atoms. The largest absolute Gasteiger partial charge is 0.495 e. The summed E-state index contributed by atoms with van der Waals surface area (Å²) in [7, 11) is 1.66. The summed E-state index contributed by atoms with van der Waals surface area (Å²) >= 11 is 0. The van der Waals surface area contributed by atoms with E-state index in [9.17, 15) is 14.7 Å². The summed E-state index contributed by atoms with van der Waals surface area (Å²) in [6.07, 6.45) is 3.49. The fourth-order valence-electron chi connectivity index (χ4n) is 4.07. The van der Waals surface area contributed by atoms with E-state index in [0.717, 1.165) is 42.2 Å². The van der Waals surface area contributed by atoms with E-state index in [1.807, 2.05) is 10.6 Å². The number of nitrogens with zero attached hydrogens (tertiary/aromatic N) is 2. The van der Waals surface area contributed by atoms with Crippen LogP contribution in [0.4, 0.5) is 5.69 Å². The van der Waals surface area contributed by atoms with Gasteiger partial charge in [-0.1, -0.05) is 13.8 Å². The zero-order valence-corrected chi connectivity index (χ0v) is 15.9. The number of carbonyl (C=O) groups is 1. The van der Waals surface area contributed by atoms with Crippen LogP contribution in [-0.4, -0.2) is 35.8 Å². The number of fused-ring (bicyclic) bond motifs is 3. The fraction of sp³-hybridized carbons (Fsp3) is 0.429. The lowest BCUT2D eigenvalue weighted by molar-refractivity contribution is 0.0694. The number of aromatic nitrogens is 1. The van der Waals surface area contributed by atoms with Crippen molar-refractivity contribution in [2.24, 2.45) is 5.92 Å². The minimum absolute atomic E-state index is 0.101. The van der Waals surface area contributed by atoms with Crippen molar-refractivity contribution >= 4 is 11.7 Å². The molecule has 6 nitrogen and oxygen atoms in total. The summed E-state index contributed by atoms with van der Waals surface area (Å²) in [6.45, 7) is 6.30. The van der Waals surface area contributed by atoms with E-state index >= 15 is 0 Å². The third-order valence-corrected chi connectivity index (χ3v) is 5.74. The second-order valence-electron chi connectivity index (χ2n) is 7.69. The molecule has 3 heterocycles. The van der Waals surface area contributed by atoms with E-state index in [4.69, 9.17) is 4.74 Å². The predicted molar refractivity (Wildman–Crippen MR) is 104 cm³/mol. The molecule has 0 bridgehead atoms. The van der Waals surface area contributed by atoms with Gasteiger partial charge < -0.3 is 19.3 Å². The molecular formula is C21H24N2O4. The minimum Gasteiger partial charge on any atom is -0.495 e. The first-order chi connectivity index (χ1) is 12.9. The number of carboxylic acid groups (broad SMARTS) is 1. The molecule has 1 atom stereocenters. The Balaban J connectivity index is 1.94. The number of ether oxygens (including phenoxy) is 1. The van der Waals surface area contributed by atoms with Crippen LogP contribution in [0.1, 0.15) is 42.2 Å². The van der Waals surface area contributed by atoms with E-state index < -0.39 is 11.4 Å². The molecule has 0 aliphatic carbocycles. The highest BCUT2D eigenvalue weighted by molar-refractivity contribution is 5.88. The maximum absolute atomic E-state index is 12.4. The number of hydrogen-bond acceptors (Lipinski definition) is 4. The highest BCUT2D eigenvalue weighted by Crippen LogP contribution is 2.43. The van der Waals surface area contributed by atoms with Crippen molar-refractivity contribution < 1.29 is 14.6 Å². The highest BCUT2D eigenvalue weighted by atomic mass is 16.5. The van der Waals surface area contributed by atoms with Gasteiger partial charge in [0.2, 0.25) is 0 Å². The number of hydrogen-bond donors (Lipinski definition) is 1. The van der Waals surface area contributed by atoms with Gasteiger partial charge >= 0.3 is 5.97 Å². The fourth-order valence-corrected chi connectivity index (χ4v) is 4.07. The van der Waals surface area contributed by atoms with Gasteiger partial charge in [0.25, 0.3) is 0 Å². The highest BCUT2D eigenvalue weighted by Gasteiger charge is 2.30. The summed E-state index contributed by atoms with van der Waals surface area (Å²) in [5.74, 6) is -0.0947. The van der Waals surface area contributed by atoms with E-state index in [2.05, 4.69) is 24.8 Å². The average Bonchev–Trinajstić information content (AvgIpc) is 2.58. The molecule has 0 radical (unpaired) electrons. The Labute approximate surface area is 158 Å². The van der Waals surface area contributed by atoms with Crippen molar-refractivity contribution in [3.8, 4) is 17.0 Å². The molecule has 2 aliphatic rings. The summed E-state index contributed by atoms with van der Waals surface area (Å²) in [4.78, 5) is 26.1. The Morgan fingerprint density at radius 2 is 2.00 bits per heavy atom. The Morgan fingerprint density at radius 3 is 2.56 bits per heavy atom. The third-order valence-electron chi connectivity index (χ3n) is 5.74. The van der Waals surface area contributed by atoms with Gasteiger partial charge in [0.15, 0.2) is 5.43 Å². The van der Waals surface area contributed by atoms with Gasteiger partial charge in [0.05, 0.1) is 18.5 Å². The van der Waals surface area contributed by atoms with Crippen molar-refractivity contribution in [1.82, 2.24) is 4.57 Å². The van der Waals surface area contributed by atoms with Crippen LogP contribution in [-0.2, 0) is 6.42 Å². The molecule has 142 valence electrons. The minimum atomic E-state index is -1.19. The number of rotatable bonds is 4. The molecular weight excluding hydrogens is 344 g/mol. The Bertz CT molecular complexity index is 973. The molecule has 2 aliphatic heterocycles. The molecule has 6 heteroatoms. The van der Waals surface area contributed by atoms with Crippen LogP contribution in [0.3, 0.4) is 0 Å². The summed E-state index contributed by atoms with van der Waals surface area (Å²) < 4.78 is 7.59. The molecule has 1 aromatic heterocycles. The number of anilines is 1. The quantitative estimate of drug-likeness (QED) is 0.897. The van der Waals surface area contributed by atoms with Crippen LogP contribution >= 0.6 is 0 Å². The van der Waals surface area contributed by atoms with E-state index in [1.54, 1.807) is 7.11 Å². The van der Waals surface area contributed by atoms with E-state index in [-0.39, 0.29) is 11.6 Å². The molecule has 4 rings (SSSR count). The molecule has 27 heavy (non-hydrogen) atoms. The first-order valence-corrected chi connectivity index (χ1v) is 9.36. The number of carboxylic acids is 1. The maximum Gasteiger partial charge on any atom is 0.341 e. The van der Waals surface area contributed by atoms with Crippen LogP contribution in [0.5, 0.6) is 5.75 Å². The second-order valence-corrected chi connectivity index (χ2v) is 7.69. The van der Waals surface area contributed by atoms with Crippen molar-refractivity contribution in [3.63, 3.8) is 0 Å². The molecule has 0 amide bonds. The Morgan fingerprint density at radius 1 is 1.26 bits per heavy atom. The van der Waals surface area contributed by atoms with Gasteiger partial charge in [0.1, 0.15) is 11.3 Å². The topological polar surface area (TPSA) is 71.8 Å². The Hall–Kier alpha value is -2.76. The van der Waals surface area contributed by atoms with Gasteiger partial charge in [0, 0.05) is 37.0 Å². The normalized spacial score (nSPS) is 17.9. The van der Waals surface area contributed by atoms with Gasteiger partial charge in [-0.2, -0.15) is 0 Å². The van der Waals surface area contributed by atoms with Gasteiger partial charge in [-0.05, 0) is 36.5 Å². The molecule has 2 aromatic rings. The SMILES string of the molecule is COc1cc2c(cc1N1CCC1)CC(C(C)C)n1cc(C(=O)O)c(=O)cc1-2. The van der Waals surface area contributed by atoms with Crippen molar-refractivity contribution in [3.05, 3.63) is 45.7 Å². The number of benzene rings is 1. The van der Waals surface area contributed by atoms with Crippen LogP contribution < -0.4 is 15.1 Å². The standard InChI is InChI=1S/C21H24N2O4/c1-12(2)16-7-13-8-18(22-5-4-6-22)20(27-3)9-14(13)17-10-19(24)15(21(25)26)11-23(16)17/h8-12,16H,4-7H2,1-3H3,(H,25,26). The average molecular weight is 368 g/mol. The van der Waals surface area contributed by atoms with Gasteiger partial charge in [-0.25, -0.2) is 4.79 Å². The van der Waals surface area contributed by atoms with Crippen LogP contribution in [0, 0.1) is 5.92 Å². The van der Waals surface area contributed by atoms with Crippen molar-refractivity contribution in [1.29, 1.82) is 0 Å². The Kier molecular flexibility index (Phi) is 4.21. The van der Waals surface area contributed by atoms with Gasteiger partial charge in [-0.15, -0.1) is 0 Å². The zero-order valence-electron chi connectivity index (χ0n) is 15.9. The first-order valence-electron chi connectivity index (χ1n) is 9.36. The second kappa shape index (κ2) is 6.44.